The fourth-order valence-corrected chi connectivity index (χ4v) is 1.42. The van der Waals surface area contributed by atoms with Crippen LogP contribution in [-0.2, 0) is 0 Å². The normalized spacial score (nSPS) is 9.88. The van der Waals surface area contributed by atoms with Gasteiger partial charge in [0.05, 0.1) is 5.69 Å². The highest BCUT2D eigenvalue weighted by molar-refractivity contribution is 5.72. The summed E-state index contributed by atoms with van der Waals surface area (Å²) >= 11 is 0. The van der Waals surface area contributed by atoms with Gasteiger partial charge in [0, 0.05) is 5.56 Å². The van der Waals surface area contributed by atoms with Crippen molar-refractivity contribution in [1.82, 2.24) is 9.97 Å². The molecule has 0 atom stereocenters. The van der Waals surface area contributed by atoms with Gasteiger partial charge in [0.1, 0.15) is 23.3 Å². The molecule has 5 nitrogen and oxygen atoms in total. The molecule has 84 valence electrons. The molecule has 2 aromatic rings. The van der Waals surface area contributed by atoms with Crippen molar-refractivity contribution in [2.45, 2.75) is 0 Å². The predicted molar refractivity (Wildman–Crippen MR) is 61.0 cm³/mol. The van der Waals surface area contributed by atoms with Gasteiger partial charge in [0.2, 0.25) is 5.95 Å². The van der Waals surface area contributed by atoms with E-state index >= 15 is 0 Å². The van der Waals surface area contributed by atoms with Crippen LogP contribution in [0.4, 0.5) is 16.2 Å². The summed E-state index contributed by atoms with van der Waals surface area (Å²) in [5.41, 5.74) is 12.0. The molecule has 2 rings (SSSR count). The Labute approximate surface area is 96.5 Å². The number of hydrogen-bond donors (Lipinski definition) is 2. The Bertz CT molecular complexity index is 600. The Hall–Kier alpha value is -2.68. The van der Waals surface area contributed by atoms with Crippen LogP contribution in [0.2, 0.25) is 0 Å². The van der Waals surface area contributed by atoms with Crippen LogP contribution >= 0.6 is 0 Å². The molecular formula is C11H8FN5. The van der Waals surface area contributed by atoms with E-state index in [9.17, 15) is 4.39 Å². The van der Waals surface area contributed by atoms with Gasteiger partial charge in [0.25, 0.3) is 0 Å². The third kappa shape index (κ3) is 1.99. The minimum absolute atomic E-state index is 0.0133. The zero-order chi connectivity index (χ0) is 12.4. The molecule has 0 saturated heterocycles. The first-order chi connectivity index (χ1) is 8.11. The van der Waals surface area contributed by atoms with E-state index in [0.717, 1.165) is 0 Å². The maximum absolute atomic E-state index is 12.8. The van der Waals surface area contributed by atoms with Crippen LogP contribution in [0.25, 0.3) is 11.3 Å². The molecule has 17 heavy (non-hydrogen) atoms. The molecular weight excluding hydrogens is 221 g/mol. The highest BCUT2D eigenvalue weighted by atomic mass is 19.1. The average molecular weight is 229 g/mol. The number of nitrogens with zero attached hydrogens (tertiary/aromatic N) is 3. The van der Waals surface area contributed by atoms with E-state index in [0.29, 0.717) is 11.3 Å². The Kier molecular flexibility index (Phi) is 2.58. The molecule has 0 saturated carbocycles. The van der Waals surface area contributed by atoms with Crippen molar-refractivity contribution in [2.24, 2.45) is 0 Å². The van der Waals surface area contributed by atoms with Gasteiger partial charge in [-0.2, -0.15) is 10.2 Å². The van der Waals surface area contributed by atoms with E-state index in [-0.39, 0.29) is 23.1 Å². The molecule has 0 aliphatic heterocycles. The summed E-state index contributed by atoms with van der Waals surface area (Å²) in [5, 5.41) is 8.98. The molecule has 0 amide bonds. The van der Waals surface area contributed by atoms with Gasteiger partial charge in [-0.3, -0.25) is 0 Å². The summed E-state index contributed by atoms with van der Waals surface area (Å²) in [5.74, 6) is -0.387. The van der Waals surface area contributed by atoms with Crippen LogP contribution in [0, 0.1) is 17.1 Å². The zero-order valence-electron chi connectivity index (χ0n) is 8.68. The summed E-state index contributed by atoms with van der Waals surface area (Å²) in [7, 11) is 0. The second-order valence-electron chi connectivity index (χ2n) is 3.31. The van der Waals surface area contributed by atoms with Crippen molar-refractivity contribution < 1.29 is 4.39 Å². The smallest absolute Gasteiger partial charge is 0.222 e. The first-order valence-corrected chi connectivity index (χ1v) is 4.71. The van der Waals surface area contributed by atoms with E-state index in [1.807, 2.05) is 6.07 Å². The van der Waals surface area contributed by atoms with Crippen LogP contribution in [0.1, 0.15) is 5.56 Å². The Morgan fingerprint density at radius 2 is 1.76 bits per heavy atom. The quantitative estimate of drug-likeness (QED) is 0.767. The van der Waals surface area contributed by atoms with Crippen LogP contribution in [0.3, 0.4) is 0 Å². The van der Waals surface area contributed by atoms with Gasteiger partial charge < -0.3 is 11.5 Å². The lowest BCUT2D eigenvalue weighted by molar-refractivity contribution is 0.628. The molecule has 4 N–H and O–H groups in total. The van der Waals surface area contributed by atoms with Gasteiger partial charge in [-0.05, 0) is 24.3 Å². The van der Waals surface area contributed by atoms with Gasteiger partial charge >= 0.3 is 0 Å². The van der Waals surface area contributed by atoms with Crippen molar-refractivity contribution >= 4 is 11.8 Å². The third-order valence-corrected chi connectivity index (χ3v) is 2.18. The first kappa shape index (κ1) is 10.8. The monoisotopic (exact) mass is 229 g/mol. The third-order valence-electron chi connectivity index (χ3n) is 2.18. The molecule has 0 unspecified atom stereocenters. The number of benzene rings is 1. The molecule has 0 spiro atoms. The minimum atomic E-state index is -0.373. The lowest BCUT2D eigenvalue weighted by atomic mass is 10.1. The Morgan fingerprint density at radius 3 is 2.35 bits per heavy atom. The molecule has 0 aliphatic carbocycles. The summed E-state index contributed by atoms with van der Waals surface area (Å²) in [6.07, 6.45) is 0. The number of halogens is 1. The van der Waals surface area contributed by atoms with Crippen LogP contribution < -0.4 is 11.5 Å². The Morgan fingerprint density at radius 1 is 1.12 bits per heavy atom. The molecule has 1 heterocycles. The number of nitriles is 1. The number of nitrogens with two attached hydrogens (primary N) is 2. The van der Waals surface area contributed by atoms with Crippen molar-refractivity contribution in [3.63, 3.8) is 0 Å². The SMILES string of the molecule is N#Cc1c(N)nc(N)nc1-c1ccc(F)cc1. The van der Waals surface area contributed by atoms with Crippen molar-refractivity contribution in [3.05, 3.63) is 35.6 Å². The maximum Gasteiger partial charge on any atom is 0.222 e. The molecule has 0 fully saturated rings. The second kappa shape index (κ2) is 4.06. The lowest BCUT2D eigenvalue weighted by Crippen LogP contribution is -2.04. The molecule has 0 radical (unpaired) electrons. The van der Waals surface area contributed by atoms with Gasteiger partial charge in [-0.1, -0.05) is 0 Å². The number of nitrogen functional groups attached to an aromatic ring is 2. The predicted octanol–water partition coefficient (Wildman–Crippen LogP) is 1.32. The number of hydrogen-bond acceptors (Lipinski definition) is 5. The van der Waals surface area contributed by atoms with E-state index < -0.39 is 0 Å². The molecule has 6 heteroatoms. The van der Waals surface area contributed by atoms with Crippen LogP contribution in [0.5, 0.6) is 0 Å². The van der Waals surface area contributed by atoms with Crippen LogP contribution in [0.15, 0.2) is 24.3 Å². The number of anilines is 2. The second-order valence-corrected chi connectivity index (χ2v) is 3.31. The van der Waals surface area contributed by atoms with Gasteiger partial charge in [-0.25, -0.2) is 9.37 Å². The summed E-state index contributed by atoms with van der Waals surface area (Å²) in [6, 6.07) is 7.44. The summed E-state index contributed by atoms with van der Waals surface area (Å²) in [4.78, 5) is 7.64. The van der Waals surface area contributed by atoms with E-state index in [2.05, 4.69) is 9.97 Å². The van der Waals surface area contributed by atoms with Crippen molar-refractivity contribution in [2.75, 3.05) is 11.5 Å². The molecule has 0 aliphatic rings. The zero-order valence-corrected chi connectivity index (χ0v) is 8.68. The van der Waals surface area contributed by atoms with E-state index in [1.165, 1.54) is 24.3 Å². The van der Waals surface area contributed by atoms with E-state index in [4.69, 9.17) is 16.7 Å². The standard InChI is InChI=1S/C11H8FN5/c12-7-3-1-6(2-4-7)9-8(5-13)10(14)17-11(15)16-9/h1-4H,(H4,14,15,16,17). The summed E-state index contributed by atoms with van der Waals surface area (Å²) < 4.78 is 12.8. The van der Waals surface area contributed by atoms with Gasteiger partial charge in [-0.15, -0.1) is 0 Å². The minimum Gasteiger partial charge on any atom is -0.382 e. The topological polar surface area (TPSA) is 102 Å². The fraction of sp³-hybridized carbons (Fsp3) is 0. The highest BCUT2D eigenvalue weighted by Gasteiger charge is 2.12. The number of rotatable bonds is 1. The lowest BCUT2D eigenvalue weighted by Gasteiger charge is -2.06. The number of aromatic nitrogens is 2. The highest BCUT2D eigenvalue weighted by Crippen LogP contribution is 2.25. The van der Waals surface area contributed by atoms with Crippen molar-refractivity contribution in [3.8, 4) is 17.3 Å². The van der Waals surface area contributed by atoms with Crippen molar-refractivity contribution in [1.29, 1.82) is 5.26 Å². The largest absolute Gasteiger partial charge is 0.382 e. The summed E-state index contributed by atoms with van der Waals surface area (Å²) in [6.45, 7) is 0. The Balaban J connectivity index is 2.66. The van der Waals surface area contributed by atoms with E-state index in [1.54, 1.807) is 0 Å². The average Bonchev–Trinajstić information content (AvgIpc) is 2.29. The maximum atomic E-state index is 12.8. The van der Waals surface area contributed by atoms with Gasteiger partial charge in [0.15, 0.2) is 0 Å². The van der Waals surface area contributed by atoms with Crippen LogP contribution in [-0.4, -0.2) is 9.97 Å². The fourth-order valence-electron chi connectivity index (χ4n) is 1.42. The molecule has 1 aromatic carbocycles. The molecule has 1 aromatic heterocycles. The first-order valence-electron chi connectivity index (χ1n) is 4.71. The molecule has 0 bridgehead atoms.